The summed E-state index contributed by atoms with van der Waals surface area (Å²) in [6.45, 7) is 1.34. The number of halogens is 2. The number of aryl methyl sites for hydroxylation is 1. The fraction of sp³-hybridized carbons (Fsp3) is 0.308. The Hall–Kier alpha value is -3.76. The molecule has 2 aromatic heterocycles. The van der Waals surface area contributed by atoms with E-state index in [9.17, 15) is 9.18 Å². The van der Waals surface area contributed by atoms with Gasteiger partial charge in [0.1, 0.15) is 11.6 Å². The molecule has 192 valence electrons. The molecule has 9 nitrogen and oxygen atoms in total. The maximum Gasteiger partial charge on any atom is 0.252 e. The van der Waals surface area contributed by atoms with Crippen molar-refractivity contribution >= 4 is 34.4 Å². The van der Waals surface area contributed by atoms with Crippen molar-refractivity contribution in [2.75, 3.05) is 25.6 Å². The third kappa shape index (κ3) is 5.50. The number of fused-ring (bicyclic) bond motifs is 1. The Labute approximate surface area is 218 Å². The highest BCUT2D eigenvalue weighted by atomic mass is 35.5. The third-order valence-electron chi connectivity index (χ3n) is 6.31. The highest BCUT2D eigenvalue weighted by Crippen LogP contribution is 2.31. The van der Waals surface area contributed by atoms with Crippen molar-refractivity contribution in [3.63, 3.8) is 0 Å². The average Bonchev–Trinajstić information content (AvgIpc) is 3.33. The number of methoxy groups -OCH3 is 1. The van der Waals surface area contributed by atoms with E-state index in [1.165, 1.54) is 19.4 Å². The third-order valence-corrected chi connectivity index (χ3v) is 6.60. The first-order chi connectivity index (χ1) is 17.9. The van der Waals surface area contributed by atoms with Gasteiger partial charge in [0.2, 0.25) is 5.95 Å². The van der Waals surface area contributed by atoms with Crippen LogP contribution in [-0.2, 0) is 11.8 Å². The average molecular weight is 525 g/mol. The normalized spacial score (nSPS) is 14.9. The minimum absolute atomic E-state index is 0.134. The first kappa shape index (κ1) is 24.9. The van der Waals surface area contributed by atoms with E-state index in [0.717, 1.165) is 24.0 Å². The zero-order valence-corrected chi connectivity index (χ0v) is 21.1. The van der Waals surface area contributed by atoms with Crippen LogP contribution in [0.1, 0.15) is 40.4 Å². The molecule has 0 aliphatic carbocycles. The summed E-state index contributed by atoms with van der Waals surface area (Å²) in [4.78, 5) is 22.1. The summed E-state index contributed by atoms with van der Waals surface area (Å²) in [5.41, 5.74) is 1.93. The van der Waals surface area contributed by atoms with E-state index in [-0.39, 0.29) is 17.0 Å². The number of hydrogen-bond acceptors (Lipinski definition) is 7. The molecule has 5 rings (SSSR count). The van der Waals surface area contributed by atoms with Crippen LogP contribution in [0, 0.1) is 5.82 Å². The number of ether oxygens (including phenoxy) is 2. The predicted molar refractivity (Wildman–Crippen MR) is 137 cm³/mol. The Morgan fingerprint density at radius 3 is 2.73 bits per heavy atom. The molecule has 0 saturated carbocycles. The smallest absolute Gasteiger partial charge is 0.252 e. The van der Waals surface area contributed by atoms with Gasteiger partial charge in [0, 0.05) is 49.8 Å². The highest BCUT2D eigenvalue weighted by molar-refractivity contribution is 6.32. The second-order valence-corrected chi connectivity index (χ2v) is 9.27. The fourth-order valence-electron chi connectivity index (χ4n) is 4.34. The summed E-state index contributed by atoms with van der Waals surface area (Å²) in [5, 5.41) is 11.1. The lowest BCUT2D eigenvalue weighted by atomic mass is 10.0. The lowest BCUT2D eigenvalue weighted by Crippen LogP contribution is -2.29. The predicted octanol–water partition coefficient (Wildman–Crippen LogP) is 4.27. The molecule has 2 N–H and O–H groups in total. The summed E-state index contributed by atoms with van der Waals surface area (Å²) in [6.07, 6.45) is 6.56. The topological polar surface area (TPSA) is 103 Å². The Morgan fingerprint density at radius 1 is 1.22 bits per heavy atom. The summed E-state index contributed by atoms with van der Waals surface area (Å²) < 4.78 is 27.3. The van der Waals surface area contributed by atoms with Crippen molar-refractivity contribution in [1.29, 1.82) is 0 Å². The molecule has 2 aromatic carbocycles. The molecule has 1 fully saturated rings. The number of carbonyl (C=O) groups excluding carboxylic acids is 1. The van der Waals surface area contributed by atoms with E-state index >= 15 is 0 Å². The van der Waals surface area contributed by atoms with Gasteiger partial charge in [-0.1, -0.05) is 17.7 Å². The summed E-state index contributed by atoms with van der Waals surface area (Å²) in [5.74, 6) is -0.148. The van der Waals surface area contributed by atoms with Crippen LogP contribution < -0.4 is 15.4 Å². The Balaban J connectivity index is 1.44. The van der Waals surface area contributed by atoms with Crippen LogP contribution in [0.5, 0.6) is 5.75 Å². The van der Waals surface area contributed by atoms with Gasteiger partial charge in [-0.05, 0) is 42.7 Å². The highest BCUT2D eigenvalue weighted by Gasteiger charge is 2.22. The quantitative estimate of drug-likeness (QED) is 0.372. The molecule has 1 aliphatic heterocycles. The molecule has 0 radical (unpaired) electrons. The van der Waals surface area contributed by atoms with Crippen LogP contribution in [0.3, 0.4) is 0 Å². The van der Waals surface area contributed by atoms with Gasteiger partial charge in [-0.15, -0.1) is 0 Å². The lowest BCUT2D eigenvalue weighted by molar-refractivity contribution is 0.0903. The van der Waals surface area contributed by atoms with Gasteiger partial charge in [-0.2, -0.15) is 5.10 Å². The Kier molecular flexibility index (Phi) is 7.20. The first-order valence-electron chi connectivity index (χ1n) is 11.8. The van der Waals surface area contributed by atoms with Crippen LogP contribution in [-0.4, -0.2) is 52.0 Å². The fourth-order valence-corrected chi connectivity index (χ4v) is 4.61. The first-order valence-corrected chi connectivity index (χ1v) is 12.2. The van der Waals surface area contributed by atoms with Gasteiger partial charge >= 0.3 is 0 Å². The number of benzene rings is 2. The van der Waals surface area contributed by atoms with Crippen molar-refractivity contribution < 1.29 is 18.7 Å². The number of anilines is 1. The van der Waals surface area contributed by atoms with Crippen molar-refractivity contribution in [2.24, 2.45) is 7.05 Å². The largest absolute Gasteiger partial charge is 0.495 e. The molecule has 3 heterocycles. The van der Waals surface area contributed by atoms with Gasteiger partial charge < -0.3 is 20.1 Å². The van der Waals surface area contributed by atoms with Crippen molar-refractivity contribution in [3.05, 3.63) is 76.5 Å². The molecule has 1 amide bonds. The molecule has 0 bridgehead atoms. The lowest BCUT2D eigenvalue weighted by Gasteiger charge is -2.23. The van der Waals surface area contributed by atoms with E-state index in [4.69, 9.17) is 21.1 Å². The van der Waals surface area contributed by atoms with Gasteiger partial charge in [0.15, 0.2) is 0 Å². The van der Waals surface area contributed by atoms with Crippen LogP contribution in [0.25, 0.3) is 10.9 Å². The maximum absolute atomic E-state index is 15.0. The molecule has 1 atom stereocenters. The molecule has 4 aromatic rings. The van der Waals surface area contributed by atoms with Gasteiger partial charge in [0.05, 0.1) is 35.3 Å². The second kappa shape index (κ2) is 10.7. The zero-order chi connectivity index (χ0) is 25.9. The van der Waals surface area contributed by atoms with Crippen molar-refractivity contribution in [1.82, 2.24) is 25.1 Å². The van der Waals surface area contributed by atoms with Crippen LogP contribution >= 0.6 is 11.6 Å². The van der Waals surface area contributed by atoms with Gasteiger partial charge in [-0.3, -0.25) is 9.48 Å². The van der Waals surface area contributed by atoms with Gasteiger partial charge in [-0.25, -0.2) is 14.4 Å². The van der Waals surface area contributed by atoms with Crippen molar-refractivity contribution in [3.8, 4) is 5.75 Å². The van der Waals surface area contributed by atoms with E-state index in [0.29, 0.717) is 35.5 Å². The summed E-state index contributed by atoms with van der Waals surface area (Å²) in [7, 11) is 3.32. The molecular formula is C26H26ClFN6O3. The monoisotopic (exact) mass is 524 g/mol. The summed E-state index contributed by atoms with van der Waals surface area (Å²) >= 11 is 6.36. The van der Waals surface area contributed by atoms with Gasteiger partial charge in [0.25, 0.3) is 5.91 Å². The number of nitrogens with one attached hydrogen (secondary N) is 2. The molecule has 1 saturated heterocycles. The van der Waals surface area contributed by atoms with E-state index < -0.39 is 17.8 Å². The second-order valence-electron chi connectivity index (χ2n) is 8.86. The molecular weight excluding hydrogens is 499 g/mol. The Bertz CT molecular complexity index is 1440. The minimum Gasteiger partial charge on any atom is -0.495 e. The summed E-state index contributed by atoms with van der Waals surface area (Å²) in [6, 6.07) is 7.61. The molecule has 11 heteroatoms. The molecule has 37 heavy (non-hydrogen) atoms. The number of amides is 1. The standard InChI is InChI=1S/C26H26ClFN6O3/c1-34-14-17(12-30-34)24(15-3-4-23(36-2)20(27)9-15)33-25(35)16-10-21(28)19-13-29-26(32-22(19)11-16)31-18-5-7-37-8-6-18/h3-4,9-14,18,24H,5-8H2,1-2H3,(H,33,35)(H,29,31,32)/t24-/m0/s1. The molecule has 0 spiro atoms. The van der Waals surface area contributed by atoms with E-state index in [2.05, 4.69) is 25.7 Å². The van der Waals surface area contributed by atoms with E-state index in [1.54, 1.807) is 42.3 Å². The number of rotatable bonds is 7. The van der Waals surface area contributed by atoms with Crippen molar-refractivity contribution in [2.45, 2.75) is 24.9 Å². The number of carbonyl (C=O) groups is 1. The number of hydrogen-bond donors (Lipinski definition) is 2. The minimum atomic E-state index is -0.584. The van der Waals surface area contributed by atoms with E-state index in [1.807, 2.05) is 6.07 Å². The number of nitrogens with zero attached hydrogens (tertiary/aromatic N) is 4. The maximum atomic E-state index is 15.0. The van der Waals surface area contributed by atoms with Crippen LogP contribution in [0.2, 0.25) is 5.02 Å². The SMILES string of the molecule is COc1ccc([C@H](NC(=O)c2cc(F)c3cnc(NC4CCOCC4)nc3c2)c2cnn(C)c2)cc1Cl. The number of aromatic nitrogens is 4. The Morgan fingerprint density at radius 2 is 2.03 bits per heavy atom. The zero-order valence-electron chi connectivity index (χ0n) is 20.4. The molecule has 1 aliphatic rings. The molecule has 0 unspecified atom stereocenters. The van der Waals surface area contributed by atoms with Crippen LogP contribution in [0.4, 0.5) is 10.3 Å². The van der Waals surface area contributed by atoms with Crippen LogP contribution in [0.15, 0.2) is 48.9 Å².